The first kappa shape index (κ1) is 22.7. The molecule has 0 radical (unpaired) electrons. The number of amides is 1. The molecule has 1 amide bonds. The van der Waals surface area contributed by atoms with E-state index < -0.39 is 5.97 Å². The first-order valence-corrected chi connectivity index (χ1v) is 11.7. The fourth-order valence-electron chi connectivity index (χ4n) is 3.83. The largest absolute Gasteiger partial charge is 0.465 e. The average Bonchev–Trinajstić information content (AvgIpc) is 3.17. The fraction of sp³-hybridized carbons (Fsp3) is 0.222. The van der Waals surface area contributed by atoms with E-state index in [-0.39, 0.29) is 5.91 Å². The molecule has 1 N–H and O–H groups in total. The molecule has 0 aliphatic heterocycles. The maximum absolute atomic E-state index is 13.4. The van der Waals surface area contributed by atoms with Gasteiger partial charge in [0.05, 0.1) is 29.4 Å². The SMILES string of the molecule is COC(=O)c1cc(C)sc1NC(=O)c1cc(-c2ccc(CC(C)C)cc2)nc2ccccc12. The highest BCUT2D eigenvalue weighted by Crippen LogP contribution is 2.31. The zero-order chi connectivity index (χ0) is 23.5. The third kappa shape index (κ3) is 4.96. The van der Waals surface area contributed by atoms with Crippen LogP contribution >= 0.6 is 11.3 Å². The minimum Gasteiger partial charge on any atom is -0.465 e. The van der Waals surface area contributed by atoms with Crippen LogP contribution in [0.2, 0.25) is 0 Å². The molecule has 2 aromatic carbocycles. The Bertz CT molecular complexity index is 1320. The molecule has 33 heavy (non-hydrogen) atoms. The highest BCUT2D eigenvalue weighted by Gasteiger charge is 2.20. The van der Waals surface area contributed by atoms with Gasteiger partial charge in [0.15, 0.2) is 0 Å². The Morgan fingerprint density at radius 1 is 1.03 bits per heavy atom. The first-order valence-electron chi connectivity index (χ1n) is 10.8. The number of hydrogen-bond acceptors (Lipinski definition) is 5. The minimum absolute atomic E-state index is 0.293. The molecular weight excluding hydrogens is 432 g/mol. The maximum Gasteiger partial charge on any atom is 0.340 e. The second kappa shape index (κ2) is 9.55. The van der Waals surface area contributed by atoms with Crippen molar-refractivity contribution in [3.63, 3.8) is 0 Å². The summed E-state index contributed by atoms with van der Waals surface area (Å²) in [4.78, 5) is 31.2. The van der Waals surface area contributed by atoms with Gasteiger partial charge in [0.25, 0.3) is 5.91 Å². The number of fused-ring (bicyclic) bond motifs is 1. The molecule has 0 unspecified atom stereocenters. The monoisotopic (exact) mass is 458 g/mol. The van der Waals surface area contributed by atoms with Crippen LogP contribution in [-0.4, -0.2) is 24.0 Å². The van der Waals surface area contributed by atoms with Gasteiger partial charge in [0.1, 0.15) is 5.00 Å². The standard InChI is InChI=1S/C27H26N2O3S/c1-16(2)13-18-9-11-19(12-10-18)24-15-21(20-7-5-6-8-23(20)28-24)25(30)29-26-22(27(31)32-4)14-17(3)33-26/h5-12,14-16H,13H2,1-4H3,(H,29,30). The van der Waals surface area contributed by atoms with Gasteiger partial charge in [0.2, 0.25) is 0 Å². The molecule has 0 aliphatic rings. The summed E-state index contributed by atoms with van der Waals surface area (Å²) in [7, 11) is 1.33. The number of methoxy groups -OCH3 is 1. The van der Waals surface area contributed by atoms with Crippen molar-refractivity contribution in [1.82, 2.24) is 4.98 Å². The Morgan fingerprint density at radius 3 is 2.45 bits per heavy atom. The van der Waals surface area contributed by atoms with E-state index in [0.29, 0.717) is 22.0 Å². The lowest BCUT2D eigenvalue weighted by atomic mass is 9.99. The zero-order valence-electron chi connectivity index (χ0n) is 19.1. The van der Waals surface area contributed by atoms with Gasteiger partial charge in [-0.1, -0.05) is 56.3 Å². The number of aryl methyl sites for hydroxylation is 1. The number of carbonyl (C=O) groups excluding carboxylic acids is 2. The third-order valence-corrected chi connectivity index (χ3v) is 6.31. The van der Waals surface area contributed by atoms with Crippen LogP contribution in [0.3, 0.4) is 0 Å². The van der Waals surface area contributed by atoms with E-state index in [1.165, 1.54) is 24.0 Å². The van der Waals surface area contributed by atoms with E-state index in [2.05, 4.69) is 43.4 Å². The van der Waals surface area contributed by atoms with E-state index >= 15 is 0 Å². The predicted molar refractivity (Wildman–Crippen MR) is 134 cm³/mol. The highest BCUT2D eigenvalue weighted by molar-refractivity contribution is 7.16. The lowest BCUT2D eigenvalue weighted by Crippen LogP contribution is -2.14. The summed E-state index contributed by atoms with van der Waals surface area (Å²) in [5.74, 6) is -0.185. The van der Waals surface area contributed by atoms with Crippen LogP contribution in [0.5, 0.6) is 0 Å². The van der Waals surface area contributed by atoms with Crippen molar-refractivity contribution in [3.05, 3.63) is 82.2 Å². The number of thiophene rings is 1. The van der Waals surface area contributed by atoms with E-state index in [9.17, 15) is 9.59 Å². The Hall–Kier alpha value is -3.51. The number of esters is 1. The van der Waals surface area contributed by atoms with E-state index in [0.717, 1.165) is 33.5 Å². The summed E-state index contributed by atoms with van der Waals surface area (Å²) in [6.45, 7) is 6.28. The van der Waals surface area contributed by atoms with Crippen LogP contribution in [-0.2, 0) is 11.2 Å². The normalized spacial score (nSPS) is 11.1. The Morgan fingerprint density at radius 2 is 1.76 bits per heavy atom. The van der Waals surface area contributed by atoms with E-state index in [1.54, 1.807) is 6.07 Å². The molecule has 4 aromatic rings. The molecule has 4 rings (SSSR count). The van der Waals surface area contributed by atoms with Gasteiger partial charge in [-0.15, -0.1) is 11.3 Å². The molecule has 0 fully saturated rings. The maximum atomic E-state index is 13.4. The number of rotatable bonds is 6. The molecule has 0 atom stereocenters. The van der Waals surface area contributed by atoms with E-state index in [1.807, 2.05) is 37.3 Å². The third-order valence-electron chi connectivity index (χ3n) is 5.34. The number of aromatic nitrogens is 1. The minimum atomic E-state index is -0.476. The Balaban J connectivity index is 1.73. The van der Waals surface area contributed by atoms with Crippen molar-refractivity contribution < 1.29 is 14.3 Å². The van der Waals surface area contributed by atoms with Crippen LogP contribution < -0.4 is 5.32 Å². The van der Waals surface area contributed by atoms with Crippen LogP contribution in [0.4, 0.5) is 5.00 Å². The quantitative estimate of drug-likeness (QED) is 0.335. The summed E-state index contributed by atoms with van der Waals surface area (Å²) >= 11 is 1.34. The number of hydrogen-bond donors (Lipinski definition) is 1. The van der Waals surface area contributed by atoms with Crippen molar-refractivity contribution >= 4 is 39.1 Å². The topological polar surface area (TPSA) is 68.3 Å². The van der Waals surface area contributed by atoms with Gasteiger partial charge in [0, 0.05) is 15.8 Å². The lowest BCUT2D eigenvalue weighted by Gasteiger charge is -2.11. The number of nitrogens with one attached hydrogen (secondary N) is 1. The number of nitrogens with zero attached hydrogens (tertiary/aromatic N) is 1. The Kier molecular flexibility index (Phi) is 6.56. The molecule has 0 saturated heterocycles. The second-order valence-corrected chi connectivity index (χ2v) is 9.67. The molecule has 6 heteroatoms. The summed E-state index contributed by atoms with van der Waals surface area (Å²) in [5.41, 5.74) is 4.55. The van der Waals surface area contributed by atoms with Crippen LogP contribution in [0.25, 0.3) is 22.2 Å². The molecule has 2 aromatic heterocycles. The van der Waals surface area contributed by atoms with Gasteiger partial charge < -0.3 is 10.1 Å². The van der Waals surface area contributed by atoms with Crippen LogP contribution in [0.1, 0.15) is 45.0 Å². The summed E-state index contributed by atoms with van der Waals surface area (Å²) in [5, 5.41) is 4.14. The first-order chi connectivity index (χ1) is 15.9. The number of ether oxygens (including phenoxy) is 1. The molecule has 2 heterocycles. The van der Waals surface area contributed by atoms with E-state index in [4.69, 9.17) is 9.72 Å². The second-order valence-electron chi connectivity index (χ2n) is 8.41. The number of pyridine rings is 1. The van der Waals surface area contributed by atoms with Crippen molar-refractivity contribution in [2.24, 2.45) is 5.92 Å². The summed E-state index contributed by atoms with van der Waals surface area (Å²) in [6, 6.07) is 19.4. The van der Waals surface area contributed by atoms with Crippen molar-refractivity contribution in [3.8, 4) is 11.3 Å². The highest BCUT2D eigenvalue weighted by atomic mass is 32.1. The van der Waals surface area contributed by atoms with Gasteiger partial charge >= 0.3 is 5.97 Å². The van der Waals surface area contributed by atoms with Gasteiger partial charge in [-0.2, -0.15) is 0 Å². The molecular formula is C27H26N2O3S. The molecule has 5 nitrogen and oxygen atoms in total. The van der Waals surface area contributed by atoms with Crippen LogP contribution in [0, 0.1) is 12.8 Å². The average molecular weight is 459 g/mol. The number of carbonyl (C=O) groups is 2. The number of anilines is 1. The fourth-order valence-corrected chi connectivity index (χ4v) is 4.73. The van der Waals surface area contributed by atoms with Crippen LogP contribution in [0.15, 0.2) is 60.7 Å². The molecule has 0 bridgehead atoms. The van der Waals surface area contributed by atoms with Crippen molar-refractivity contribution in [2.75, 3.05) is 12.4 Å². The summed E-state index contributed by atoms with van der Waals surface area (Å²) in [6.07, 6.45) is 1.02. The zero-order valence-corrected chi connectivity index (χ0v) is 20.0. The Labute approximate surface area is 197 Å². The van der Waals surface area contributed by atoms with Gasteiger partial charge in [-0.3, -0.25) is 4.79 Å². The molecule has 0 spiro atoms. The van der Waals surface area contributed by atoms with Gasteiger partial charge in [-0.05, 0) is 43.0 Å². The van der Waals surface area contributed by atoms with Gasteiger partial charge in [-0.25, -0.2) is 9.78 Å². The number of benzene rings is 2. The molecule has 168 valence electrons. The number of para-hydroxylation sites is 1. The van der Waals surface area contributed by atoms with Crippen molar-refractivity contribution in [2.45, 2.75) is 27.2 Å². The summed E-state index contributed by atoms with van der Waals surface area (Å²) < 4.78 is 4.86. The predicted octanol–water partition coefficient (Wildman–Crippen LogP) is 6.51. The smallest absolute Gasteiger partial charge is 0.340 e. The molecule has 0 saturated carbocycles. The molecule has 0 aliphatic carbocycles. The van der Waals surface area contributed by atoms with Crippen molar-refractivity contribution in [1.29, 1.82) is 0 Å². The lowest BCUT2D eigenvalue weighted by molar-refractivity contribution is 0.0602.